The fourth-order valence-corrected chi connectivity index (χ4v) is 1.78. The van der Waals surface area contributed by atoms with Gasteiger partial charge in [-0.1, -0.05) is 0 Å². The summed E-state index contributed by atoms with van der Waals surface area (Å²) in [6.45, 7) is 5.43. The zero-order chi connectivity index (χ0) is 11.4. The number of nitro groups is 1. The molecule has 2 aliphatic heterocycles. The lowest BCUT2D eigenvalue weighted by Gasteiger charge is -2.28. The SMILES string of the molecule is O=[N+]([O-])C1=CN(CCN2CCOCC2)NC1. The Bertz CT molecular complexity index is 288. The molecule has 0 aliphatic carbocycles. The van der Waals surface area contributed by atoms with E-state index in [0.717, 1.165) is 39.4 Å². The van der Waals surface area contributed by atoms with Crippen LogP contribution >= 0.6 is 0 Å². The number of hydrazine groups is 1. The molecule has 0 aromatic heterocycles. The van der Waals surface area contributed by atoms with Gasteiger partial charge in [-0.25, -0.2) is 5.43 Å². The van der Waals surface area contributed by atoms with Gasteiger partial charge >= 0.3 is 0 Å². The number of ether oxygens (including phenoxy) is 1. The molecule has 0 saturated carbocycles. The summed E-state index contributed by atoms with van der Waals surface area (Å²) in [7, 11) is 0. The van der Waals surface area contributed by atoms with Crippen LogP contribution in [0.2, 0.25) is 0 Å². The summed E-state index contributed by atoms with van der Waals surface area (Å²) in [4.78, 5) is 12.4. The van der Waals surface area contributed by atoms with Crippen molar-refractivity contribution in [2.24, 2.45) is 0 Å². The van der Waals surface area contributed by atoms with Gasteiger partial charge in [-0.05, 0) is 0 Å². The molecule has 1 fully saturated rings. The Kier molecular flexibility index (Phi) is 3.70. The Hall–Kier alpha value is -1.18. The molecule has 1 N–H and O–H groups in total. The normalized spacial score (nSPS) is 22.2. The largest absolute Gasteiger partial charge is 0.379 e. The van der Waals surface area contributed by atoms with Crippen molar-refractivity contribution in [3.63, 3.8) is 0 Å². The maximum absolute atomic E-state index is 10.5. The van der Waals surface area contributed by atoms with E-state index in [4.69, 9.17) is 4.74 Å². The van der Waals surface area contributed by atoms with Gasteiger partial charge in [0.05, 0.1) is 24.3 Å². The van der Waals surface area contributed by atoms with Crippen LogP contribution in [0, 0.1) is 10.1 Å². The lowest BCUT2D eigenvalue weighted by Crippen LogP contribution is -2.42. The van der Waals surface area contributed by atoms with Crippen molar-refractivity contribution in [3.05, 3.63) is 22.0 Å². The summed E-state index contributed by atoms with van der Waals surface area (Å²) < 4.78 is 5.25. The van der Waals surface area contributed by atoms with E-state index >= 15 is 0 Å². The molecule has 0 unspecified atom stereocenters. The van der Waals surface area contributed by atoms with Gasteiger partial charge in [-0.15, -0.1) is 0 Å². The minimum absolute atomic E-state index is 0.224. The van der Waals surface area contributed by atoms with Crippen LogP contribution in [0.5, 0.6) is 0 Å². The standard InChI is InChI=1S/C9H16N4O3/c14-13(15)9-7-10-12(8-9)2-1-11-3-5-16-6-4-11/h8,10H,1-7H2. The highest BCUT2D eigenvalue weighted by molar-refractivity contribution is 4.98. The smallest absolute Gasteiger partial charge is 0.278 e. The van der Waals surface area contributed by atoms with E-state index in [9.17, 15) is 10.1 Å². The molecular weight excluding hydrogens is 212 g/mol. The third-order valence-corrected chi connectivity index (χ3v) is 2.76. The van der Waals surface area contributed by atoms with Crippen molar-refractivity contribution in [3.8, 4) is 0 Å². The van der Waals surface area contributed by atoms with Gasteiger partial charge in [-0.2, -0.15) is 0 Å². The average molecular weight is 228 g/mol. The monoisotopic (exact) mass is 228 g/mol. The summed E-state index contributed by atoms with van der Waals surface area (Å²) in [6.07, 6.45) is 1.57. The first-order chi connectivity index (χ1) is 7.75. The molecule has 2 rings (SSSR count). The van der Waals surface area contributed by atoms with Crippen molar-refractivity contribution >= 4 is 0 Å². The molecule has 0 aromatic rings. The number of rotatable bonds is 4. The van der Waals surface area contributed by atoms with E-state index < -0.39 is 0 Å². The summed E-state index contributed by atoms with van der Waals surface area (Å²) in [5.41, 5.74) is 3.19. The summed E-state index contributed by atoms with van der Waals surface area (Å²) in [5, 5.41) is 12.3. The Labute approximate surface area is 93.8 Å². The molecule has 7 heteroatoms. The van der Waals surface area contributed by atoms with Crippen molar-refractivity contribution in [1.29, 1.82) is 0 Å². The third kappa shape index (κ3) is 2.91. The highest BCUT2D eigenvalue weighted by Crippen LogP contribution is 2.05. The van der Waals surface area contributed by atoms with Crippen LogP contribution in [0.1, 0.15) is 0 Å². The molecular formula is C9H16N4O3. The average Bonchev–Trinajstić information content (AvgIpc) is 2.76. The zero-order valence-electron chi connectivity index (χ0n) is 9.09. The van der Waals surface area contributed by atoms with Gasteiger partial charge in [0.15, 0.2) is 0 Å². The molecule has 0 amide bonds. The minimum atomic E-state index is -0.346. The number of nitrogens with one attached hydrogen (secondary N) is 1. The second kappa shape index (κ2) is 5.24. The van der Waals surface area contributed by atoms with Gasteiger partial charge in [-0.3, -0.25) is 15.0 Å². The van der Waals surface area contributed by atoms with Crippen molar-refractivity contribution < 1.29 is 9.66 Å². The Morgan fingerprint density at radius 1 is 1.44 bits per heavy atom. The highest BCUT2D eigenvalue weighted by Gasteiger charge is 2.21. The first-order valence-corrected chi connectivity index (χ1v) is 5.41. The summed E-state index contributed by atoms with van der Waals surface area (Å²) in [5.74, 6) is 0. The fraction of sp³-hybridized carbons (Fsp3) is 0.778. The fourth-order valence-electron chi connectivity index (χ4n) is 1.78. The molecule has 1 saturated heterocycles. The van der Waals surface area contributed by atoms with Crippen LogP contribution in [0.25, 0.3) is 0 Å². The van der Waals surface area contributed by atoms with Gasteiger partial charge in [0.1, 0.15) is 6.54 Å². The summed E-state index contributed by atoms with van der Waals surface area (Å²) >= 11 is 0. The van der Waals surface area contributed by atoms with Gasteiger partial charge < -0.3 is 9.75 Å². The predicted octanol–water partition coefficient (Wildman–Crippen LogP) is -0.743. The Morgan fingerprint density at radius 2 is 2.19 bits per heavy atom. The topological polar surface area (TPSA) is 70.9 Å². The Balaban J connectivity index is 1.72. The maximum atomic E-state index is 10.5. The van der Waals surface area contributed by atoms with Crippen molar-refractivity contribution in [2.45, 2.75) is 0 Å². The second-order valence-corrected chi connectivity index (χ2v) is 3.86. The van der Waals surface area contributed by atoms with Crippen LogP contribution in [-0.4, -0.2) is 60.8 Å². The molecule has 0 aromatic carbocycles. The molecule has 16 heavy (non-hydrogen) atoms. The molecule has 0 spiro atoms. The minimum Gasteiger partial charge on any atom is -0.379 e. The van der Waals surface area contributed by atoms with Gasteiger partial charge in [0.2, 0.25) is 0 Å². The van der Waals surface area contributed by atoms with Gasteiger partial charge in [0, 0.05) is 26.2 Å². The van der Waals surface area contributed by atoms with E-state index in [2.05, 4.69) is 10.3 Å². The van der Waals surface area contributed by atoms with Crippen LogP contribution in [0.15, 0.2) is 11.9 Å². The lowest BCUT2D eigenvalue weighted by atomic mass is 10.4. The van der Waals surface area contributed by atoms with Crippen molar-refractivity contribution in [2.75, 3.05) is 45.9 Å². The Morgan fingerprint density at radius 3 is 2.81 bits per heavy atom. The van der Waals surface area contributed by atoms with E-state index in [-0.39, 0.29) is 10.6 Å². The summed E-state index contributed by atoms with van der Waals surface area (Å²) in [6, 6.07) is 0. The molecule has 90 valence electrons. The molecule has 0 atom stereocenters. The van der Waals surface area contributed by atoms with Crippen LogP contribution < -0.4 is 5.43 Å². The van der Waals surface area contributed by atoms with E-state index in [1.807, 2.05) is 0 Å². The molecule has 2 heterocycles. The number of hydrogen-bond acceptors (Lipinski definition) is 6. The lowest BCUT2D eigenvalue weighted by molar-refractivity contribution is -0.424. The third-order valence-electron chi connectivity index (χ3n) is 2.76. The van der Waals surface area contributed by atoms with E-state index in [1.165, 1.54) is 0 Å². The second-order valence-electron chi connectivity index (χ2n) is 3.86. The zero-order valence-corrected chi connectivity index (χ0v) is 9.09. The maximum Gasteiger partial charge on any atom is 0.278 e. The van der Waals surface area contributed by atoms with Crippen LogP contribution in [0.4, 0.5) is 0 Å². The number of hydrogen-bond donors (Lipinski definition) is 1. The number of morpholine rings is 1. The van der Waals surface area contributed by atoms with Gasteiger partial charge in [0.25, 0.3) is 5.70 Å². The molecule has 0 bridgehead atoms. The highest BCUT2D eigenvalue weighted by atomic mass is 16.6. The quantitative estimate of drug-likeness (QED) is 0.504. The molecule has 2 aliphatic rings. The van der Waals surface area contributed by atoms with E-state index in [1.54, 1.807) is 11.2 Å². The van der Waals surface area contributed by atoms with E-state index in [0.29, 0.717) is 6.54 Å². The van der Waals surface area contributed by atoms with Crippen LogP contribution in [0.3, 0.4) is 0 Å². The first-order valence-electron chi connectivity index (χ1n) is 5.41. The number of nitrogens with zero attached hydrogens (tertiary/aromatic N) is 3. The predicted molar refractivity (Wildman–Crippen MR) is 57.0 cm³/mol. The van der Waals surface area contributed by atoms with Crippen LogP contribution in [-0.2, 0) is 4.74 Å². The molecule has 0 radical (unpaired) electrons. The molecule has 7 nitrogen and oxygen atoms in total. The first kappa shape index (κ1) is 11.3. The van der Waals surface area contributed by atoms with Crippen molar-refractivity contribution in [1.82, 2.24) is 15.3 Å².